The molecule has 0 spiro atoms. The van der Waals surface area contributed by atoms with E-state index in [0.717, 1.165) is 18.7 Å². The van der Waals surface area contributed by atoms with Gasteiger partial charge in [-0.15, -0.1) is 0 Å². The third kappa shape index (κ3) is 3.79. The molecule has 1 heterocycles. The molecule has 1 atom stereocenters. The van der Waals surface area contributed by atoms with Crippen molar-refractivity contribution in [3.05, 3.63) is 30.3 Å². The van der Waals surface area contributed by atoms with Crippen LogP contribution in [0.4, 0.5) is 5.69 Å². The molecule has 0 radical (unpaired) electrons. The molecule has 1 aromatic rings. The van der Waals surface area contributed by atoms with E-state index in [-0.39, 0.29) is 5.91 Å². The van der Waals surface area contributed by atoms with Crippen LogP contribution in [0.3, 0.4) is 0 Å². The van der Waals surface area contributed by atoms with Gasteiger partial charge in [-0.25, -0.2) is 0 Å². The Balaban J connectivity index is 1.79. The van der Waals surface area contributed by atoms with Crippen LogP contribution in [0.1, 0.15) is 19.3 Å². The second-order valence-corrected chi connectivity index (χ2v) is 4.70. The van der Waals surface area contributed by atoms with Gasteiger partial charge in [0.25, 0.3) is 0 Å². The number of likely N-dealkylation sites (tertiary alicyclic amines) is 1. The number of anilines is 1. The molecule has 0 saturated carbocycles. The summed E-state index contributed by atoms with van der Waals surface area (Å²) < 4.78 is 0. The van der Waals surface area contributed by atoms with E-state index in [1.807, 2.05) is 35.2 Å². The van der Waals surface area contributed by atoms with Crippen molar-refractivity contribution in [1.29, 1.82) is 0 Å². The molecule has 1 saturated heterocycles. The molecule has 1 aromatic carbocycles. The molecule has 19 heavy (non-hydrogen) atoms. The van der Waals surface area contributed by atoms with Crippen LogP contribution in [-0.4, -0.2) is 41.0 Å². The van der Waals surface area contributed by atoms with Gasteiger partial charge < -0.3 is 10.4 Å². The number of carboxylic acid groups (broad SMARTS) is 1. The number of carbonyl (C=O) groups is 2. The zero-order valence-electron chi connectivity index (χ0n) is 10.7. The van der Waals surface area contributed by atoms with Crippen molar-refractivity contribution >= 4 is 17.6 Å². The van der Waals surface area contributed by atoms with Gasteiger partial charge in [0.05, 0.1) is 0 Å². The lowest BCUT2D eigenvalue weighted by molar-refractivity contribution is -0.142. The summed E-state index contributed by atoms with van der Waals surface area (Å²) in [5.41, 5.74) is 0.767. The van der Waals surface area contributed by atoms with E-state index < -0.39 is 12.0 Å². The summed E-state index contributed by atoms with van der Waals surface area (Å²) >= 11 is 0. The van der Waals surface area contributed by atoms with Crippen molar-refractivity contribution in [2.75, 3.05) is 18.4 Å². The van der Waals surface area contributed by atoms with E-state index >= 15 is 0 Å². The van der Waals surface area contributed by atoms with E-state index in [9.17, 15) is 9.59 Å². The predicted molar refractivity (Wildman–Crippen MR) is 71.9 cm³/mol. The van der Waals surface area contributed by atoms with E-state index in [4.69, 9.17) is 5.11 Å². The van der Waals surface area contributed by atoms with E-state index in [1.54, 1.807) is 0 Å². The lowest BCUT2D eigenvalue weighted by atomic mass is 10.2. The van der Waals surface area contributed by atoms with Gasteiger partial charge >= 0.3 is 5.97 Å². The molecule has 1 aliphatic heterocycles. The Morgan fingerprint density at radius 1 is 1.32 bits per heavy atom. The number of carbonyl (C=O) groups excluding carboxylic acids is 1. The first-order valence-corrected chi connectivity index (χ1v) is 6.48. The summed E-state index contributed by atoms with van der Waals surface area (Å²) in [6.07, 6.45) is 1.88. The molecule has 1 aliphatic rings. The van der Waals surface area contributed by atoms with Crippen LogP contribution in [0, 0.1) is 0 Å². The molecule has 2 rings (SSSR count). The van der Waals surface area contributed by atoms with Gasteiger partial charge in [0.15, 0.2) is 0 Å². The van der Waals surface area contributed by atoms with Gasteiger partial charge in [0.1, 0.15) is 6.04 Å². The number of carboxylic acids is 1. The molecule has 1 unspecified atom stereocenters. The van der Waals surface area contributed by atoms with Gasteiger partial charge in [-0.3, -0.25) is 14.5 Å². The van der Waals surface area contributed by atoms with Gasteiger partial charge in [0, 0.05) is 18.7 Å². The van der Waals surface area contributed by atoms with Crippen LogP contribution < -0.4 is 5.32 Å². The molecule has 2 N–H and O–H groups in total. The average molecular weight is 262 g/mol. The Hall–Kier alpha value is -1.88. The largest absolute Gasteiger partial charge is 0.480 e. The Bertz CT molecular complexity index is 447. The van der Waals surface area contributed by atoms with Crippen molar-refractivity contribution < 1.29 is 14.7 Å². The van der Waals surface area contributed by atoms with Crippen molar-refractivity contribution in [3.8, 4) is 0 Å². The Kier molecular flexibility index (Phi) is 4.52. The van der Waals surface area contributed by atoms with Crippen molar-refractivity contribution in [3.63, 3.8) is 0 Å². The number of rotatable bonds is 5. The van der Waals surface area contributed by atoms with Crippen LogP contribution in [0.2, 0.25) is 0 Å². The number of benzene rings is 1. The molecule has 0 bridgehead atoms. The first kappa shape index (κ1) is 13.5. The minimum Gasteiger partial charge on any atom is -0.480 e. The van der Waals surface area contributed by atoms with Gasteiger partial charge in [-0.05, 0) is 31.5 Å². The summed E-state index contributed by atoms with van der Waals surface area (Å²) in [7, 11) is 0. The Morgan fingerprint density at radius 3 is 2.74 bits per heavy atom. The highest BCUT2D eigenvalue weighted by Crippen LogP contribution is 2.17. The zero-order chi connectivity index (χ0) is 13.7. The third-order valence-corrected chi connectivity index (χ3v) is 3.33. The highest BCUT2D eigenvalue weighted by Gasteiger charge is 2.30. The van der Waals surface area contributed by atoms with E-state index in [1.165, 1.54) is 0 Å². The van der Waals surface area contributed by atoms with Crippen molar-refractivity contribution in [2.24, 2.45) is 0 Å². The van der Waals surface area contributed by atoms with Gasteiger partial charge in [-0.2, -0.15) is 0 Å². The summed E-state index contributed by atoms with van der Waals surface area (Å²) in [5, 5.41) is 11.8. The number of aliphatic carboxylic acids is 1. The Morgan fingerprint density at radius 2 is 2.05 bits per heavy atom. The monoisotopic (exact) mass is 262 g/mol. The first-order valence-electron chi connectivity index (χ1n) is 6.48. The maximum Gasteiger partial charge on any atom is 0.320 e. The summed E-state index contributed by atoms with van der Waals surface area (Å²) in [6, 6.07) is 8.83. The van der Waals surface area contributed by atoms with Crippen molar-refractivity contribution in [1.82, 2.24) is 4.90 Å². The highest BCUT2D eigenvalue weighted by molar-refractivity contribution is 5.90. The maximum absolute atomic E-state index is 11.8. The van der Waals surface area contributed by atoms with E-state index in [0.29, 0.717) is 19.4 Å². The van der Waals surface area contributed by atoms with Crippen LogP contribution in [0.5, 0.6) is 0 Å². The molecular weight excluding hydrogens is 244 g/mol. The van der Waals surface area contributed by atoms with Crippen molar-refractivity contribution in [2.45, 2.75) is 25.3 Å². The average Bonchev–Trinajstić information content (AvgIpc) is 2.86. The van der Waals surface area contributed by atoms with Gasteiger partial charge in [-0.1, -0.05) is 18.2 Å². The molecule has 5 heteroatoms. The molecule has 1 amide bonds. The second kappa shape index (κ2) is 6.33. The highest BCUT2D eigenvalue weighted by atomic mass is 16.4. The molecule has 102 valence electrons. The fraction of sp³-hybridized carbons (Fsp3) is 0.429. The molecule has 0 aliphatic carbocycles. The number of nitrogens with one attached hydrogen (secondary N) is 1. The summed E-state index contributed by atoms with van der Waals surface area (Å²) in [4.78, 5) is 24.6. The fourth-order valence-corrected chi connectivity index (χ4v) is 2.36. The quantitative estimate of drug-likeness (QED) is 0.845. The topological polar surface area (TPSA) is 69.6 Å². The third-order valence-electron chi connectivity index (χ3n) is 3.33. The smallest absolute Gasteiger partial charge is 0.320 e. The second-order valence-electron chi connectivity index (χ2n) is 4.70. The normalized spacial score (nSPS) is 19.3. The van der Waals surface area contributed by atoms with E-state index in [2.05, 4.69) is 5.32 Å². The van der Waals surface area contributed by atoms with Crippen LogP contribution in [0.15, 0.2) is 30.3 Å². The SMILES string of the molecule is O=C(CCN1CCCC1C(=O)O)Nc1ccccc1. The number of nitrogens with zero attached hydrogens (tertiary/aromatic N) is 1. The summed E-state index contributed by atoms with van der Waals surface area (Å²) in [6.45, 7) is 1.26. The summed E-state index contributed by atoms with van der Waals surface area (Å²) in [5.74, 6) is -0.872. The molecule has 0 aromatic heterocycles. The molecular formula is C14H18N2O3. The Labute approximate surface area is 112 Å². The van der Waals surface area contributed by atoms with Gasteiger partial charge in [0.2, 0.25) is 5.91 Å². The number of amides is 1. The van der Waals surface area contributed by atoms with Crippen LogP contribution in [0.25, 0.3) is 0 Å². The minimum atomic E-state index is -0.791. The molecule has 1 fully saturated rings. The zero-order valence-corrected chi connectivity index (χ0v) is 10.7. The minimum absolute atomic E-state index is 0.0813. The van der Waals surface area contributed by atoms with Crippen LogP contribution >= 0.6 is 0 Å². The number of para-hydroxylation sites is 1. The van der Waals surface area contributed by atoms with Crippen LogP contribution in [-0.2, 0) is 9.59 Å². The number of hydrogen-bond acceptors (Lipinski definition) is 3. The lowest BCUT2D eigenvalue weighted by Crippen LogP contribution is -2.37. The molecule has 5 nitrogen and oxygen atoms in total. The number of hydrogen-bond donors (Lipinski definition) is 2. The maximum atomic E-state index is 11.8. The lowest BCUT2D eigenvalue weighted by Gasteiger charge is -2.20. The standard InChI is InChI=1S/C14H18N2O3/c17-13(15-11-5-2-1-3-6-11)8-10-16-9-4-7-12(16)14(18)19/h1-3,5-6,12H,4,7-10H2,(H,15,17)(H,18,19). The first-order chi connectivity index (χ1) is 9.16. The fourth-order valence-electron chi connectivity index (χ4n) is 2.36. The predicted octanol–water partition coefficient (Wildman–Crippen LogP) is 1.56.